The number of fused-ring (bicyclic) bond motifs is 1. The molecule has 0 saturated carbocycles. The Labute approximate surface area is 179 Å². The van der Waals surface area contributed by atoms with Crippen LogP contribution < -0.4 is 11.1 Å². The number of rotatable bonds is 8. The van der Waals surface area contributed by atoms with Gasteiger partial charge in [-0.05, 0) is 68.6 Å². The highest BCUT2D eigenvalue weighted by Crippen LogP contribution is 2.38. The van der Waals surface area contributed by atoms with Crippen molar-refractivity contribution in [3.8, 4) is 0 Å². The van der Waals surface area contributed by atoms with Crippen LogP contribution in [0.2, 0.25) is 0 Å². The monoisotopic (exact) mass is 404 g/mol. The van der Waals surface area contributed by atoms with E-state index in [1.165, 1.54) is 25.9 Å². The van der Waals surface area contributed by atoms with Crippen molar-refractivity contribution >= 4 is 23.4 Å². The second kappa shape index (κ2) is 9.00. The predicted octanol–water partition coefficient (Wildman–Crippen LogP) is 4.14. The van der Waals surface area contributed by atoms with Crippen LogP contribution in [0.25, 0.3) is 6.08 Å². The molecule has 4 rings (SSSR count). The lowest BCUT2D eigenvalue weighted by molar-refractivity contribution is -0.120. The number of anilines is 1. The average Bonchev–Trinajstić information content (AvgIpc) is 3.28. The molecule has 1 aliphatic carbocycles. The molecule has 0 amide bonds. The van der Waals surface area contributed by atoms with Crippen LogP contribution in [0.5, 0.6) is 0 Å². The van der Waals surface area contributed by atoms with Crippen LogP contribution in [-0.4, -0.2) is 42.7 Å². The lowest BCUT2D eigenvalue weighted by Gasteiger charge is -2.32. The van der Waals surface area contributed by atoms with Crippen LogP contribution in [0.1, 0.15) is 44.1 Å². The molecule has 158 valence electrons. The zero-order chi connectivity index (χ0) is 21.0. The largest absolute Gasteiger partial charge is 0.387 e. The molecule has 1 saturated heterocycles. The Kier molecular flexibility index (Phi) is 6.18. The molecule has 0 bridgehead atoms. The predicted molar refractivity (Wildman–Crippen MR) is 124 cm³/mol. The summed E-state index contributed by atoms with van der Waals surface area (Å²) in [6.45, 7) is 4.18. The molecule has 1 aromatic carbocycles. The van der Waals surface area contributed by atoms with E-state index in [-0.39, 0.29) is 11.6 Å². The number of nitrogens with two attached hydrogens (primary N) is 1. The number of nitrogens with zero attached hydrogens (tertiary/aromatic N) is 1. The molecular formula is C25H32N4O. The molecule has 1 atom stereocenters. The Morgan fingerprint density at radius 3 is 2.77 bits per heavy atom. The molecule has 4 N–H and O–H groups in total. The van der Waals surface area contributed by atoms with Crippen molar-refractivity contribution < 1.29 is 4.79 Å². The first-order chi connectivity index (χ1) is 14.6. The Balaban J connectivity index is 1.44. The highest BCUT2D eigenvalue weighted by Gasteiger charge is 2.42. The number of benzene rings is 1. The summed E-state index contributed by atoms with van der Waals surface area (Å²) < 4.78 is 0. The normalized spacial score (nSPS) is 23.5. The third-order valence-corrected chi connectivity index (χ3v) is 6.62. The smallest absolute Gasteiger partial charge is 0.180 e. The number of para-hydroxylation sites is 1. The second-order valence-corrected chi connectivity index (χ2v) is 8.62. The first-order valence-corrected chi connectivity index (χ1v) is 11.2. The third kappa shape index (κ3) is 4.12. The number of allylic oxidation sites excluding steroid dienone is 2. The molecule has 3 aliphatic rings. The Morgan fingerprint density at radius 1 is 1.17 bits per heavy atom. The number of amidine groups is 1. The van der Waals surface area contributed by atoms with Gasteiger partial charge in [-0.2, -0.15) is 0 Å². The minimum Gasteiger partial charge on any atom is -0.387 e. The van der Waals surface area contributed by atoms with Crippen LogP contribution in [0.4, 0.5) is 5.69 Å². The second-order valence-electron chi connectivity index (χ2n) is 8.62. The van der Waals surface area contributed by atoms with E-state index in [9.17, 15) is 4.79 Å². The fourth-order valence-electron chi connectivity index (χ4n) is 4.81. The molecule has 0 spiro atoms. The van der Waals surface area contributed by atoms with Gasteiger partial charge in [0.25, 0.3) is 0 Å². The molecule has 1 unspecified atom stereocenters. The standard InChI is InChI=1S/C25H32N4O/c26-24(27)25(12-4-1-5-14-29-15-6-7-16-29)13-8-10-21(23(25)30)20-17-19-9-2-3-11-22(19)28-18-20/h2-3,8-11,13,17,28H,1,4-7,12,14-16,18H2,(H3,26,27). The van der Waals surface area contributed by atoms with Gasteiger partial charge in [0.2, 0.25) is 0 Å². The van der Waals surface area contributed by atoms with Gasteiger partial charge in [0, 0.05) is 17.8 Å². The van der Waals surface area contributed by atoms with Gasteiger partial charge in [-0.25, -0.2) is 0 Å². The Morgan fingerprint density at radius 2 is 1.97 bits per heavy atom. The fourth-order valence-corrected chi connectivity index (χ4v) is 4.81. The maximum Gasteiger partial charge on any atom is 0.180 e. The topological polar surface area (TPSA) is 82.2 Å². The number of hydrogen-bond donors (Lipinski definition) is 3. The van der Waals surface area contributed by atoms with Crippen LogP contribution in [0, 0.1) is 10.8 Å². The number of hydrogen-bond acceptors (Lipinski definition) is 4. The van der Waals surface area contributed by atoms with Crippen LogP contribution in [-0.2, 0) is 4.79 Å². The van der Waals surface area contributed by atoms with Gasteiger partial charge in [-0.3, -0.25) is 10.2 Å². The number of unbranched alkanes of at least 4 members (excludes halogenated alkanes) is 2. The molecule has 2 heterocycles. The minimum atomic E-state index is -1.00. The van der Waals surface area contributed by atoms with Crippen LogP contribution in [0.15, 0.2) is 53.6 Å². The van der Waals surface area contributed by atoms with Gasteiger partial charge in [0.05, 0.1) is 0 Å². The molecule has 2 aliphatic heterocycles. The SMILES string of the molecule is N=C(N)C1(CCCCCN2CCCC2)C=CC=C(C2=Cc3ccccc3NC2)C1=O. The maximum atomic E-state index is 13.6. The van der Waals surface area contributed by atoms with Gasteiger partial charge in [0.1, 0.15) is 11.3 Å². The van der Waals surface area contributed by atoms with E-state index in [0.717, 1.165) is 42.6 Å². The number of Topliss-reactive ketones (excluding diaryl/α,β-unsaturated/α-hetero) is 1. The summed E-state index contributed by atoms with van der Waals surface area (Å²) in [5.41, 5.74) is 8.81. The number of carbonyl (C=O) groups excluding carboxylic acids is 1. The van der Waals surface area contributed by atoms with E-state index < -0.39 is 5.41 Å². The van der Waals surface area contributed by atoms with Crippen LogP contribution in [0.3, 0.4) is 0 Å². The zero-order valence-electron chi connectivity index (χ0n) is 17.6. The lowest BCUT2D eigenvalue weighted by Crippen LogP contribution is -2.44. The van der Waals surface area contributed by atoms with Gasteiger partial charge in [-0.15, -0.1) is 0 Å². The number of likely N-dealkylation sites (tertiary alicyclic amines) is 1. The third-order valence-electron chi connectivity index (χ3n) is 6.62. The quantitative estimate of drug-likeness (QED) is 0.345. The van der Waals surface area contributed by atoms with Gasteiger partial charge in [0.15, 0.2) is 5.78 Å². The van der Waals surface area contributed by atoms with Crippen molar-refractivity contribution in [1.29, 1.82) is 5.41 Å². The summed E-state index contributed by atoms with van der Waals surface area (Å²) in [5, 5.41) is 11.6. The summed E-state index contributed by atoms with van der Waals surface area (Å²) in [6.07, 6.45) is 14.0. The van der Waals surface area contributed by atoms with E-state index >= 15 is 0 Å². The molecule has 1 fully saturated rings. The minimum absolute atomic E-state index is 0.0375. The van der Waals surface area contributed by atoms with Crippen molar-refractivity contribution in [3.05, 3.63) is 59.2 Å². The number of nitrogens with one attached hydrogen (secondary N) is 2. The fraction of sp³-hybridized carbons (Fsp3) is 0.440. The summed E-state index contributed by atoms with van der Waals surface area (Å²) in [7, 11) is 0. The van der Waals surface area contributed by atoms with Crippen LogP contribution >= 0.6 is 0 Å². The summed E-state index contributed by atoms with van der Waals surface area (Å²) in [5.74, 6) is -0.0804. The van der Waals surface area contributed by atoms with Crippen molar-refractivity contribution in [2.24, 2.45) is 11.1 Å². The molecule has 5 heteroatoms. The van der Waals surface area contributed by atoms with Crippen molar-refractivity contribution in [1.82, 2.24) is 4.90 Å². The summed E-state index contributed by atoms with van der Waals surface area (Å²) in [4.78, 5) is 16.1. The zero-order valence-corrected chi connectivity index (χ0v) is 17.6. The average molecular weight is 405 g/mol. The van der Waals surface area contributed by atoms with Gasteiger partial charge < -0.3 is 16.0 Å². The Bertz CT molecular complexity index is 907. The maximum absolute atomic E-state index is 13.6. The summed E-state index contributed by atoms with van der Waals surface area (Å²) >= 11 is 0. The molecule has 0 radical (unpaired) electrons. The first kappa shape index (κ1) is 20.6. The van der Waals surface area contributed by atoms with E-state index in [2.05, 4.69) is 16.3 Å². The molecule has 30 heavy (non-hydrogen) atoms. The van der Waals surface area contributed by atoms with E-state index in [0.29, 0.717) is 18.5 Å². The summed E-state index contributed by atoms with van der Waals surface area (Å²) in [6, 6.07) is 8.09. The lowest BCUT2D eigenvalue weighted by atomic mass is 9.71. The number of carbonyl (C=O) groups is 1. The highest BCUT2D eigenvalue weighted by atomic mass is 16.1. The van der Waals surface area contributed by atoms with E-state index in [1.807, 2.05) is 42.5 Å². The van der Waals surface area contributed by atoms with Gasteiger partial charge in [-0.1, -0.05) is 49.3 Å². The van der Waals surface area contributed by atoms with E-state index in [4.69, 9.17) is 11.1 Å². The highest BCUT2D eigenvalue weighted by molar-refractivity contribution is 6.19. The Hall–Kier alpha value is -2.66. The van der Waals surface area contributed by atoms with Crippen molar-refractivity contribution in [3.63, 3.8) is 0 Å². The molecule has 1 aromatic rings. The molecular weight excluding hydrogens is 372 g/mol. The number of ketones is 1. The van der Waals surface area contributed by atoms with Gasteiger partial charge >= 0.3 is 0 Å². The molecule has 5 nitrogen and oxygen atoms in total. The van der Waals surface area contributed by atoms with Crippen molar-refractivity contribution in [2.45, 2.75) is 38.5 Å². The first-order valence-electron chi connectivity index (χ1n) is 11.2. The molecule has 0 aromatic heterocycles. The van der Waals surface area contributed by atoms with Crippen molar-refractivity contribution in [2.75, 3.05) is 31.5 Å². The van der Waals surface area contributed by atoms with E-state index in [1.54, 1.807) is 0 Å².